The van der Waals surface area contributed by atoms with Gasteiger partial charge in [0.1, 0.15) is 0 Å². The third kappa shape index (κ3) is 4.39. The molecule has 0 atom stereocenters. The number of allylic oxidation sites excluding steroid dienone is 1. The fraction of sp³-hybridized carbons (Fsp3) is 0.556. The van der Waals surface area contributed by atoms with Gasteiger partial charge in [0, 0.05) is 37.7 Å². The van der Waals surface area contributed by atoms with Crippen molar-refractivity contribution in [2.24, 2.45) is 0 Å². The minimum absolute atomic E-state index is 0.288. The summed E-state index contributed by atoms with van der Waals surface area (Å²) >= 11 is 5.93. The molecule has 0 N–H and O–H groups in total. The summed E-state index contributed by atoms with van der Waals surface area (Å²) in [5.74, 6) is 0. The normalized spacial score (nSPS) is 20.8. The van der Waals surface area contributed by atoms with Gasteiger partial charge in [0.15, 0.2) is 0 Å². The first-order valence-corrected chi connectivity index (χ1v) is 10.5. The fourth-order valence-corrected chi connectivity index (χ4v) is 5.13. The maximum absolute atomic E-state index is 12.7. The van der Waals surface area contributed by atoms with Crippen molar-refractivity contribution in [1.29, 1.82) is 0 Å². The molecule has 0 unspecified atom stereocenters. The maximum Gasteiger partial charge on any atom is 0.243 e. The predicted molar refractivity (Wildman–Crippen MR) is 97.8 cm³/mol. The Balaban J connectivity index is 1.53. The van der Waals surface area contributed by atoms with Gasteiger partial charge >= 0.3 is 0 Å². The second-order valence-electron chi connectivity index (χ2n) is 6.56. The number of nitrogens with zero attached hydrogens (tertiary/aromatic N) is 2. The van der Waals surface area contributed by atoms with E-state index in [1.54, 1.807) is 28.1 Å². The van der Waals surface area contributed by atoms with Crippen molar-refractivity contribution in [2.45, 2.75) is 37.0 Å². The van der Waals surface area contributed by atoms with Crippen LogP contribution in [0.5, 0.6) is 0 Å². The molecule has 24 heavy (non-hydrogen) atoms. The summed E-state index contributed by atoms with van der Waals surface area (Å²) in [5, 5.41) is 0.454. The van der Waals surface area contributed by atoms with Crippen LogP contribution >= 0.6 is 11.6 Å². The van der Waals surface area contributed by atoms with E-state index in [0.29, 0.717) is 18.1 Å². The van der Waals surface area contributed by atoms with Crippen LogP contribution in [0.25, 0.3) is 0 Å². The lowest BCUT2D eigenvalue weighted by molar-refractivity contribution is 0.189. The Morgan fingerprint density at radius 3 is 2.54 bits per heavy atom. The van der Waals surface area contributed by atoms with E-state index in [-0.39, 0.29) is 4.90 Å². The number of hydrogen-bond acceptors (Lipinski definition) is 3. The van der Waals surface area contributed by atoms with Crippen molar-refractivity contribution < 1.29 is 8.42 Å². The molecule has 0 amide bonds. The van der Waals surface area contributed by atoms with E-state index < -0.39 is 10.0 Å². The molecule has 1 heterocycles. The van der Waals surface area contributed by atoms with Gasteiger partial charge in [0.25, 0.3) is 0 Å². The van der Waals surface area contributed by atoms with Gasteiger partial charge in [-0.2, -0.15) is 4.31 Å². The van der Waals surface area contributed by atoms with Crippen molar-refractivity contribution in [2.75, 3.05) is 32.7 Å². The summed E-state index contributed by atoms with van der Waals surface area (Å²) in [4.78, 5) is 2.66. The van der Waals surface area contributed by atoms with Crippen LogP contribution in [0.1, 0.15) is 32.1 Å². The molecule has 0 saturated carbocycles. The van der Waals surface area contributed by atoms with Crippen LogP contribution in [-0.4, -0.2) is 50.3 Å². The van der Waals surface area contributed by atoms with E-state index in [0.717, 1.165) is 26.1 Å². The maximum atomic E-state index is 12.7. The quantitative estimate of drug-likeness (QED) is 0.746. The van der Waals surface area contributed by atoms with Gasteiger partial charge in [-0.25, -0.2) is 8.42 Å². The van der Waals surface area contributed by atoms with Crippen LogP contribution in [0.4, 0.5) is 0 Å². The number of sulfonamides is 1. The number of rotatable bonds is 5. The lowest BCUT2D eigenvalue weighted by Crippen LogP contribution is -2.48. The van der Waals surface area contributed by atoms with E-state index in [9.17, 15) is 8.42 Å². The molecule has 1 aromatic rings. The van der Waals surface area contributed by atoms with Gasteiger partial charge in [0.2, 0.25) is 10.0 Å². The fourth-order valence-electron chi connectivity index (χ4n) is 3.40. The van der Waals surface area contributed by atoms with Crippen LogP contribution < -0.4 is 0 Å². The Morgan fingerprint density at radius 2 is 1.88 bits per heavy atom. The molecule has 2 aliphatic rings. The molecule has 1 fully saturated rings. The lowest BCUT2D eigenvalue weighted by atomic mass is 9.97. The first-order chi connectivity index (χ1) is 11.6. The van der Waals surface area contributed by atoms with E-state index in [2.05, 4.69) is 11.0 Å². The lowest BCUT2D eigenvalue weighted by Gasteiger charge is -2.34. The summed E-state index contributed by atoms with van der Waals surface area (Å²) in [6, 6.07) is 6.52. The molecule has 1 aromatic carbocycles. The van der Waals surface area contributed by atoms with E-state index >= 15 is 0 Å². The number of halogens is 1. The van der Waals surface area contributed by atoms with Gasteiger partial charge in [-0.3, -0.25) is 0 Å². The molecule has 3 rings (SSSR count). The minimum Gasteiger partial charge on any atom is -0.300 e. The highest BCUT2D eigenvalue weighted by molar-refractivity contribution is 7.89. The number of benzene rings is 1. The second kappa shape index (κ2) is 8.00. The number of hydrogen-bond donors (Lipinski definition) is 0. The Kier molecular flexibility index (Phi) is 5.98. The Bertz CT molecular complexity index is 695. The Hall–Kier alpha value is -0.880. The van der Waals surface area contributed by atoms with E-state index in [1.807, 2.05) is 0 Å². The molecule has 1 aliphatic heterocycles. The summed E-state index contributed by atoms with van der Waals surface area (Å²) in [6.45, 7) is 3.73. The zero-order valence-electron chi connectivity index (χ0n) is 14.0. The van der Waals surface area contributed by atoms with Crippen molar-refractivity contribution in [3.05, 3.63) is 40.9 Å². The Morgan fingerprint density at radius 1 is 1.08 bits per heavy atom. The van der Waals surface area contributed by atoms with Crippen LogP contribution in [0.15, 0.2) is 40.8 Å². The molecular formula is C18H25ClN2O2S. The highest BCUT2D eigenvalue weighted by Gasteiger charge is 2.28. The molecule has 6 heteroatoms. The monoisotopic (exact) mass is 368 g/mol. The van der Waals surface area contributed by atoms with Gasteiger partial charge in [-0.05, 0) is 50.3 Å². The molecule has 132 valence electrons. The van der Waals surface area contributed by atoms with Gasteiger partial charge in [-0.1, -0.05) is 29.3 Å². The molecule has 0 spiro atoms. The number of piperazine rings is 1. The van der Waals surface area contributed by atoms with Crippen molar-refractivity contribution in [3.8, 4) is 0 Å². The summed E-state index contributed by atoms with van der Waals surface area (Å²) in [6.07, 6.45) is 8.62. The van der Waals surface area contributed by atoms with E-state index in [1.165, 1.54) is 31.7 Å². The first-order valence-electron chi connectivity index (χ1n) is 8.72. The SMILES string of the molecule is O=S(=O)(c1cccc(Cl)c1)N1CCN(CCC2=CCCCC2)CC1. The summed E-state index contributed by atoms with van der Waals surface area (Å²) in [5.41, 5.74) is 1.58. The molecule has 1 aliphatic carbocycles. The topological polar surface area (TPSA) is 40.6 Å². The minimum atomic E-state index is -3.43. The molecular weight excluding hydrogens is 344 g/mol. The first kappa shape index (κ1) is 17.9. The van der Waals surface area contributed by atoms with Gasteiger partial charge in [-0.15, -0.1) is 0 Å². The molecule has 4 nitrogen and oxygen atoms in total. The molecule has 0 bridgehead atoms. The average molecular weight is 369 g/mol. The van der Waals surface area contributed by atoms with Crippen LogP contribution in [-0.2, 0) is 10.0 Å². The van der Waals surface area contributed by atoms with E-state index in [4.69, 9.17) is 11.6 Å². The molecule has 0 aromatic heterocycles. The van der Waals surface area contributed by atoms with Crippen molar-refractivity contribution >= 4 is 21.6 Å². The molecule has 0 radical (unpaired) electrons. The Labute approximate surface area is 150 Å². The zero-order valence-corrected chi connectivity index (χ0v) is 15.5. The summed E-state index contributed by atoms with van der Waals surface area (Å²) < 4.78 is 27.0. The largest absolute Gasteiger partial charge is 0.300 e. The highest BCUT2D eigenvalue weighted by atomic mass is 35.5. The summed E-state index contributed by atoms with van der Waals surface area (Å²) in [7, 11) is -3.43. The standard InChI is InChI=1S/C18H25ClN2O2S/c19-17-7-4-8-18(15-17)24(22,23)21-13-11-20(12-14-21)10-9-16-5-2-1-3-6-16/h4-5,7-8,15H,1-3,6,9-14H2. The highest BCUT2D eigenvalue weighted by Crippen LogP contribution is 2.22. The van der Waals surface area contributed by atoms with Gasteiger partial charge in [0.05, 0.1) is 4.90 Å². The second-order valence-corrected chi connectivity index (χ2v) is 8.94. The van der Waals surface area contributed by atoms with Crippen LogP contribution in [0.2, 0.25) is 5.02 Å². The van der Waals surface area contributed by atoms with Crippen molar-refractivity contribution in [1.82, 2.24) is 9.21 Å². The van der Waals surface area contributed by atoms with Crippen molar-refractivity contribution in [3.63, 3.8) is 0 Å². The average Bonchev–Trinajstić information content (AvgIpc) is 2.61. The van der Waals surface area contributed by atoms with Crippen LogP contribution in [0.3, 0.4) is 0 Å². The molecule has 1 saturated heterocycles. The van der Waals surface area contributed by atoms with Crippen LogP contribution in [0, 0.1) is 0 Å². The zero-order chi connectivity index (χ0) is 17.0. The third-order valence-electron chi connectivity index (χ3n) is 4.90. The smallest absolute Gasteiger partial charge is 0.243 e. The predicted octanol–water partition coefficient (Wildman–Crippen LogP) is 3.54. The van der Waals surface area contributed by atoms with Gasteiger partial charge < -0.3 is 4.90 Å². The third-order valence-corrected chi connectivity index (χ3v) is 7.03.